The first-order chi connectivity index (χ1) is 9.63. The lowest BCUT2D eigenvalue weighted by atomic mass is 10.0. The van der Waals surface area contributed by atoms with Crippen LogP contribution in [0.4, 0.5) is 0 Å². The number of benzene rings is 1. The molecule has 0 aliphatic carbocycles. The maximum absolute atomic E-state index is 6.08. The molecule has 108 valence electrons. The van der Waals surface area contributed by atoms with E-state index >= 15 is 0 Å². The van der Waals surface area contributed by atoms with Gasteiger partial charge in [-0.2, -0.15) is 0 Å². The second kappa shape index (κ2) is 7.36. The molecular weight excluding hydrogens is 332 g/mol. The van der Waals surface area contributed by atoms with Crippen molar-refractivity contribution in [3.8, 4) is 0 Å². The Morgan fingerprint density at radius 2 is 1.95 bits per heavy atom. The zero-order valence-corrected chi connectivity index (χ0v) is 14.3. The highest BCUT2D eigenvalue weighted by Gasteiger charge is 2.23. The highest BCUT2D eigenvalue weighted by Crippen LogP contribution is 2.30. The van der Waals surface area contributed by atoms with E-state index in [-0.39, 0.29) is 6.04 Å². The second-order valence-corrected chi connectivity index (χ2v) is 7.01. The number of nitrogens with two attached hydrogens (primary N) is 1. The predicted molar refractivity (Wildman–Crippen MR) is 90.9 cm³/mol. The van der Waals surface area contributed by atoms with Gasteiger partial charge in [-0.25, -0.2) is 0 Å². The lowest BCUT2D eigenvalue weighted by Crippen LogP contribution is -2.38. The number of thiophene rings is 1. The molecule has 20 heavy (non-hydrogen) atoms. The smallest absolute Gasteiger partial charge is 0.0488 e. The van der Waals surface area contributed by atoms with Crippen molar-refractivity contribution in [2.45, 2.75) is 32.5 Å². The van der Waals surface area contributed by atoms with Gasteiger partial charge in [0.2, 0.25) is 0 Å². The highest BCUT2D eigenvalue weighted by atomic mass is 79.9. The van der Waals surface area contributed by atoms with E-state index in [2.05, 4.69) is 70.4 Å². The largest absolute Gasteiger partial charge is 0.329 e. The van der Waals surface area contributed by atoms with E-state index in [0.29, 0.717) is 12.6 Å². The molecule has 0 fully saturated rings. The summed E-state index contributed by atoms with van der Waals surface area (Å²) in [5, 5.41) is 2.13. The normalized spacial score (nSPS) is 13.1. The van der Waals surface area contributed by atoms with Crippen LogP contribution < -0.4 is 5.73 Å². The third-order valence-corrected chi connectivity index (χ3v) is 5.05. The fourth-order valence-corrected chi connectivity index (χ4v) is 3.68. The van der Waals surface area contributed by atoms with Crippen molar-refractivity contribution >= 4 is 27.3 Å². The van der Waals surface area contributed by atoms with Crippen LogP contribution in [0, 0.1) is 0 Å². The molecule has 2 N–H and O–H groups in total. The number of hydrogen-bond donors (Lipinski definition) is 1. The summed E-state index contributed by atoms with van der Waals surface area (Å²) < 4.78 is 1.13. The molecule has 0 bridgehead atoms. The first-order valence-electron chi connectivity index (χ1n) is 6.86. The Balaban J connectivity index is 2.28. The van der Waals surface area contributed by atoms with Gasteiger partial charge in [-0.15, -0.1) is 11.3 Å². The minimum atomic E-state index is 0.229. The lowest BCUT2D eigenvalue weighted by Gasteiger charge is -2.34. The second-order valence-electron chi connectivity index (χ2n) is 5.12. The summed E-state index contributed by atoms with van der Waals surface area (Å²) >= 11 is 5.46. The summed E-state index contributed by atoms with van der Waals surface area (Å²) in [7, 11) is 0. The maximum Gasteiger partial charge on any atom is 0.0488 e. The van der Waals surface area contributed by atoms with Gasteiger partial charge in [-0.1, -0.05) is 40.2 Å². The monoisotopic (exact) mass is 352 g/mol. The molecule has 1 heterocycles. The van der Waals surface area contributed by atoms with Gasteiger partial charge in [-0.3, -0.25) is 4.90 Å². The van der Waals surface area contributed by atoms with Gasteiger partial charge in [0, 0.05) is 34.5 Å². The van der Waals surface area contributed by atoms with E-state index < -0.39 is 0 Å². The molecule has 0 aliphatic heterocycles. The van der Waals surface area contributed by atoms with Crippen LogP contribution in [-0.2, 0) is 6.54 Å². The van der Waals surface area contributed by atoms with Crippen molar-refractivity contribution in [3.05, 3.63) is 56.7 Å². The first kappa shape index (κ1) is 15.7. The van der Waals surface area contributed by atoms with Crippen LogP contribution in [0.3, 0.4) is 0 Å². The summed E-state index contributed by atoms with van der Waals surface area (Å²) in [6.07, 6.45) is 0. The molecule has 1 aromatic heterocycles. The van der Waals surface area contributed by atoms with Crippen LogP contribution in [-0.4, -0.2) is 17.5 Å². The van der Waals surface area contributed by atoms with Crippen LogP contribution in [0.2, 0.25) is 0 Å². The third-order valence-electron chi connectivity index (χ3n) is 3.47. The van der Waals surface area contributed by atoms with E-state index in [1.165, 1.54) is 10.4 Å². The Bertz CT molecular complexity index is 525. The van der Waals surface area contributed by atoms with Crippen molar-refractivity contribution in [2.24, 2.45) is 5.73 Å². The van der Waals surface area contributed by atoms with Crippen molar-refractivity contribution in [3.63, 3.8) is 0 Å². The Morgan fingerprint density at radius 1 is 1.20 bits per heavy atom. The molecule has 0 spiro atoms. The molecule has 2 rings (SSSR count). The summed E-state index contributed by atoms with van der Waals surface area (Å²) in [6.45, 7) is 6.02. The number of nitrogens with zero attached hydrogens (tertiary/aromatic N) is 1. The molecule has 1 unspecified atom stereocenters. The van der Waals surface area contributed by atoms with Gasteiger partial charge in [0.1, 0.15) is 0 Å². The highest BCUT2D eigenvalue weighted by molar-refractivity contribution is 9.10. The molecule has 1 aromatic carbocycles. The van der Waals surface area contributed by atoms with E-state index in [4.69, 9.17) is 5.73 Å². The van der Waals surface area contributed by atoms with Gasteiger partial charge in [0.05, 0.1) is 0 Å². The molecule has 0 amide bonds. The van der Waals surface area contributed by atoms with Gasteiger partial charge in [0.15, 0.2) is 0 Å². The van der Waals surface area contributed by atoms with Gasteiger partial charge >= 0.3 is 0 Å². The summed E-state index contributed by atoms with van der Waals surface area (Å²) in [5.41, 5.74) is 7.35. The van der Waals surface area contributed by atoms with Gasteiger partial charge in [-0.05, 0) is 36.9 Å². The average Bonchev–Trinajstić information content (AvgIpc) is 2.93. The van der Waals surface area contributed by atoms with E-state index in [1.807, 2.05) is 6.07 Å². The van der Waals surface area contributed by atoms with Crippen LogP contribution in [0.5, 0.6) is 0 Å². The van der Waals surface area contributed by atoms with E-state index in [9.17, 15) is 0 Å². The Morgan fingerprint density at radius 3 is 2.50 bits per heavy atom. The summed E-state index contributed by atoms with van der Waals surface area (Å²) in [4.78, 5) is 3.84. The number of hydrogen-bond acceptors (Lipinski definition) is 3. The molecule has 2 nitrogen and oxygen atoms in total. The predicted octanol–water partition coefficient (Wildman–Crippen LogP) is 4.42. The zero-order chi connectivity index (χ0) is 14.5. The van der Waals surface area contributed by atoms with Crippen molar-refractivity contribution < 1.29 is 0 Å². The van der Waals surface area contributed by atoms with Crippen molar-refractivity contribution in [1.82, 2.24) is 4.90 Å². The van der Waals surface area contributed by atoms with Crippen LogP contribution in [0.25, 0.3) is 0 Å². The minimum Gasteiger partial charge on any atom is -0.329 e. The SMILES string of the molecule is CC(C)N(Cc1cccs1)C(CN)c1ccccc1Br. The van der Waals surface area contributed by atoms with E-state index in [0.717, 1.165) is 11.0 Å². The Kier molecular flexibility index (Phi) is 5.78. The van der Waals surface area contributed by atoms with Gasteiger partial charge in [0.25, 0.3) is 0 Å². The third kappa shape index (κ3) is 3.70. The molecule has 4 heteroatoms. The van der Waals surface area contributed by atoms with Crippen LogP contribution >= 0.6 is 27.3 Å². The zero-order valence-electron chi connectivity index (χ0n) is 11.9. The number of halogens is 1. The molecule has 1 atom stereocenters. The van der Waals surface area contributed by atoms with E-state index in [1.54, 1.807) is 11.3 Å². The molecule has 0 saturated heterocycles. The van der Waals surface area contributed by atoms with Crippen LogP contribution in [0.15, 0.2) is 46.3 Å². The Labute approximate surface area is 133 Å². The molecular formula is C16H21BrN2S. The van der Waals surface area contributed by atoms with Crippen molar-refractivity contribution in [2.75, 3.05) is 6.54 Å². The van der Waals surface area contributed by atoms with Crippen molar-refractivity contribution in [1.29, 1.82) is 0 Å². The quantitative estimate of drug-likeness (QED) is 0.833. The maximum atomic E-state index is 6.08. The first-order valence-corrected chi connectivity index (χ1v) is 8.53. The number of rotatable bonds is 6. The standard InChI is InChI=1S/C16H21BrN2S/c1-12(2)19(11-13-6-5-9-20-13)16(10-18)14-7-3-4-8-15(14)17/h3-9,12,16H,10-11,18H2,1-2H3. The molecule has 0 radical (unpaired) electrons. The topological polar surface area (TPSA) is 29.3 Å². The summed E-state index contributed by atoms with van der Waals surface area (Å²) in [6, 6.07) is 13.3. The fourth-order valence-electron chi connectivity index (χ4n) is 2.42. The molecule has 0 aliphatic rings. The molecule has 2 aromatic rings. The fraction of sp³-hybridized carbons (Fsp3) is 0.375. The minimum absolute atomic E-state index is 0.229. The lowest BCUT2D eigenvalue weighted by molar-refractivity contribution is 0.149. The average molecular weight is 353 g/mol. The Hall–Kier alpha value is -0.680. The van der Waals surface area contributed by atoms with Crippen LogP contribution in [0.1, 0.15) is 30.3 Å². The summed E-state index contributed by atoms with van der Waals surface area (Å²) in [5.74, 6) is 0. The molecule has 0 saturated carbocycles. The van der Waals surface area contributed by atoms with Gasteiger partial charge < -0.3 is 5.73 Å².